The van der Waals surface area contributed by atoms with Gasteiger partial charge in [-0.25, -0.2) is 0 Å². The number of allylic oxidation sites excluding steroid dienone is 24. The van der Waals surface area contributed by atoms with Gasteiger partial charge in [0.05, 0.1) is 0 Å². The number of carbonyl (C=O) groups is 3. The van der Waals surface area contributed by atoms with E-state index >= 15 is 0 Å². The normalized spacial score (nSPS) is 13.3. The Morgan fingerprint density at radius 2 is 0.621 bits per heavy atom. The average Bonchev–Trinajstić information content (AvgIpc) is 3.31. The van der Waals surface area contributed by atoms with E-state index in [2.05, 4.69) is 142 Å². The van der Waals surface area contributed by atoms with Crippen LogP contribution in [-0.2, 0) is 28.6 Å². The van der Waals surface area contributed by atoms with Gasteiger partial charge in [0.25, 0.3) is 0 Å². The Kier molecular flexibility index (Phi) is 49.1. The van der Waals surface area contributed by atoms with E-state index in [0.717, 1.165) is 109 Å². The number of unbranched alkanes of at least 4 members (excludes halogenated alkanes) is 9. The molecule has 0 bridgehead atoms. The van der Waals surface area contributed by atoms with Crippen molar-refractivity contribution in [3.05, 3.63) is 146 Å². The highest BCUT2D eigenvalue weighted by molar-refractivity contribution is 5.71. The van der Waals surface area contributed by atoms with E-state index in [1.807, 2.05) is 24.3 Å². The number of ether oxygens (including phenoxy) is 3. The molecule has 0 rings (SSSR count). The number of rotatable bonds is 44. The SMILES string of the molecule is CC/C=C\C/C=C\C/C=C\C/C=C\C/C=C\C/C=C\CCC(=O)OCC(COC(=O)CC/C=C\C/C=C\C/C=C\C/C=C\CC)OC(=O)CCCCCCC/C=C\C/C=C\CCCCCC. The summed E-state index contributed by atoms with van der Waals surface area (Å²) in [5.41, 5.74) is 0. The van der Waals surface area contributed by atoms with Crippen molar-refractivity contribution >= 4 is 17.9 Å². The van der Waals surface area contributed by atoms with Gasteiger partial charge >= 0.3 is 17.9 Å². The van der Waals surface area contributed by atoms with E-state index < -0.39 is 6.10 Å². The van der Waals surface area contributed by atoms with E-state index in [1.165, 1.54) is 32.1 Å². The highest BCUT2D eigenvalue weighted by Crippen LogP contribution is 2.11. The molecule has 66 heavy (non-hydrogen) atoms. The maximum Gasteiger partial charge on any atom is 0.306 e. The summed E-state index contributed by atoms with van der Waals surface area (Å²) < 4.78 is 16.6. The van der Waals surface area contributed by atoms with Crippen LogP contribution >= 0.6 is 0 Å². The lowest BCUT2D eigenvalue weighted by atomic mass is 10.1. The lowest BCUT2D eigenvalue weighted by Gasteiger charge is -2.18. The van der Waals surface area contributed by atoms with Crippen LogP contribution in [0.3, 0.4) is 0 Å². The van der Waals surface area contributed by atoms with Crippen LogP contribution in [0.15, 0.2) is 146 Å². The molecule has 1 atom stereocenters. The molecule has 0 saturated carbocycles. The van der Waals surface area contributed by atoms with Gasteiger partial charge in [-0.1, -0.05) is 205 Å². The summed E-state index contributed by atoms with van der Waals surface area (Å²) in [7, 11) is 0. The molecule has 0 aromatic rings. The Morgan fingerprint density at radius 3 is 0.985 bits per heavy atom. The van der Waals surface area contributed by atoms with Gasteiger partial charge in [-0.15, -0.1) is 0 Å². The van der Waals surface area contributed by atoms with Gasteiger partial charge in [0.1, 0.15) is 13.2 Å². The molecule has 0 aliphatic heterocycles. The van der Waals surface area contributed by atoms with Crippen molar-refractivity contribution in [2.24, 2.45) is 0 Å². The van der Waals surface area contributed by atoms with Crippen LogP contribution in [0.25, 0.3) is 0 Å². The molecule has 0 fully saturated rings. The Balaban J connectivity index is 4.63. The molecule has 0 aliphatic rings. The minimum Gasteiger partial charge on any atom is -0.462 e. The van der Waals surface area contributed by atoms with Crippen molar-refractivity contribution in [3.63, 3.8) is 0 Å². The largest absolute Gasteiger partial charge is 0.462 e. The summed E-state index contributed by atoms with van der Waals surface area (Å²) in [5.74, 6) is -1.14. The van der Waals surface area contributed by atoms with E-state index in [-0.39, 0.29) is 50.4 Å². The zero-order valence-corrected chi connectivity index (χ0v) is 41.9. The zero-order chi connectivity index (χ0) is 47.9. The lowest BCUT2D eigenvalue weighted by Crippen LogP contribution is -2.30. The smallest absolute Gasteiger partial charge is 0.306 e. The molecular formula is C60H92O6. The van der Waals surface area contributed by atoms with E-state index in [4.69, 9.17) is 14.2 Å². The van der Waals surface area contributed by atoms with Gasteiger partial charge in [-0.05, 0) is 116 Å². The summed E-state index contributed by atoms with van der Waals surface area (Å²) >= 11 is 0. The highest BCUT2D eigenvalue weighted by atomic mass is 16.6. The molecule has 1 unspecified atom stereocenters. The highest BCUT2D eigenvalue weighted by Gasteiger charge is 2.19. The monoisotopic (exact) mass is 909 g/mol. The maximum absolute atomic E-state index is 12.8. The second-order valence-electron chi connectivity index (χ2n) is 16.3. The van der Waals surface area contributed by atoms with Gasteiger partial charge in [0.2, 0.25) is 0 Å². The van der Waals surface area contributed by atoms with Crippen LogP contribution in [-0.4, -0.2) is 37.2 Å². The molecule has 368 valence electrons. The standard InChI is InChI=1S/C60H92O6/c1-4-7-10-13-16-19-22-25-27-29-30-31-33-35-38-41-44-47-50-53-59(62)65-56-57(55-64-58(61)52-49-46-43-40-37-34-24-21-18-15-12-9-6-3)66-60(63)54-51-48-45-42-39-36-32-28-26-23-20-17-14-11-8-5-2/h7,9-10,12,16,18-21,23,25,27-28,30-32,34-35,37-38,43-44,46-47,57H,4-6,8,11,13-15,17,22,24,26,29,33,36,39-42,45,48-56H2,1-3H3/b10-7-,12-9-,19-16-,21-18-,23-20-,27-25-,31-30-,32-28-,37-34-,38-35-,46-43-,47-44-. The molecule has 0 spiro atoms. The van der Waals surface area contributed by atoms with Crippen molar-refractivity contribution < 1.29 is 28.6 Å². The molecule has 0 aromatic carbocycles. The predicted molar refractivity (Wildman–Crippen MR) is 283 cm³/mol. The first-order valence-corrected chi connectivity index (χ1v) is 25.8. The molecule has 6 heteroatoms. The number of hydrogen-bond donors (Lipinski definition) is 0. The van der Waals surface area contributed by atoms with Crippen molar-refractivity contribution in [2.75, 3.05) is 13.2 Å². The second-order valence-corrected chi connectivity index (χ2v) is 16.3. The van der Waals surface area contributed by atoms with Crippen molar-refractivity contribution in [1.82, 2.24) is 0 Å². The molecule has 0 amide bonds. The topological polar surface area (TPSA) is 78.9 Å². The molecule has 0 radical (unpaired) electrons. The third kappa shape index (κ3) is 50.3. The van der Waals surface area contributed by atoms with Gasteiger partial charge in [0, 0.05) is 19.3 Å². The van der Waals surface area contributed by atoms with Crippen LogP contribution in [0.2, 0.25) is 0 Å². The first kappa shape index (κ1) is 61.3. The van der Waals surface area contributed by atoms with E-state index in [1.54, 1.807) is 0 Å². The first-order chi connectivity index (χ1) is 32.5. The van der Waals surface area contributed by atoms with Crippen LogP contribution < -0.4 is 0 Å². The third-order valence-corrected chi connectivity index (χ3v) is 10.1. The lowest BCUT2D eigenvalue weighted by molar-refractivity contribution is -0.166. The van der Waals surface area contributed by atoms with Gasteiger partial charge in [-0.2, -0.15) is 0 Å². The molecule has 0 aromatic heterocycles. The molecule has 0 aliphatic carbocycles. The van der Waals surface area contributed by atoms with Gasteiger partial charge < -0.3 is 14.2 Å². The van der Waals surface area contributed by atoms with Gasteiger partial charge in [-0.3, -0.25) is 14.4 Å². The second kappa shape index (κ2) is 52.9. The Morgan fingerprint density at radius 1 is 0.318 bits per heavy atom. The predicted octanol–water partition coefficient (Wildman–Crippen LogP) is 17.3. The molecule has 0 N–H and O–H groups in total. The summed E-state index contributed by atoms with van der Waals surface area (Å²) in [6, 6.07) is 0. The number of esters is 3. The fourth-order valence-corrected chi connectivity index (χ4v) is 6.27. The summed E-state index contributed by atoms with van der Waals surface area (Å²) in [6.07, 6.45) is 75.7. The van der Waals surface area contributed by atoms with Crippen molar-refractivity contribution in [3.8, 4) is 0 Å². The summed E-state index contributed by atoms with van der Waals surface area (Å²) in [5, 5.41) is 0. The molecular weight excluding hydrogens is 817 g/mol. The average molecular weight is 909 g/mol. The maximum atomic E-state index is 12.8. The minimum atomic E-state index is -0.851. The van der Waals surface area contributed by atoms with Crippen LogP contribution in [0.4, 0.5) is 0 Å². The molecule has 0 saturated heterocycles. The number of hydrogen-bond acceptors (Lipinski definition) is 6. The van der Waals surface area contributed by atoms with E-state index in [9.17, 15) is 14.4 Å². The van der Waals surface area contributed by atoms with Crippen LogP contribution in [0.1, 0.15) is 194 Å². The number of carbonyl (C=O) groups excluding carboxylic acids is 3. The van der Waals surface area contributed by atoms with Gasteiger partial charge in [0.15, 0.2) is 6.10 Å². The fraction of sp³-hybridized carbons (Fsp3) is 0.550. The van der Waals surface area contributed by atoms with Crippen LogP contribution in [0.5, 0.6) is 0 Å². The van der Waals surface area contributed by atoms with Crippen molar-refractivity contribution in [1.29, 1.82) is 0 Å². The Bertz CT molecular complexity index is 1510. The molecule has 6 nitrogen and oxygen atoms in total. The molecule has 0 heterocycles. The summed E-state index contributed by atoms with van der Waals surface area (Å²) in [4.78, 5) is 37.9. The fourth-order valence-electron chi connectivity index (χ4n) is 6.27. The Labute approximate surface area is 404 Å². The zero-order valence-electron chi connectivity index (χ0n) is 41.9. The van der Waals surface area contributed by atoms with Crippen molar-refractivity contribution in [2.45, 2.75) is 200 Å². The third-order valence-electron chi connectivity index (χ3n) is 10.1. The van der Waals surface area contributed by atoms with Crippen LogP contribution in [0, 0.1) is 0 Å². The first-order valence-electron chi connectivity index (χ1n) is 25.8. The minimum absolute atomic E-state index is 0.151. The Hall–Kier alpha value is -4.71. The quantitative estimate of drug-likeness (QED) is 0.0262. The summed E-state index contributed by atoms with van der Waals surface area (Å²) in [6.45, 7) is 6.22. The van der Waals surface area contributed by atoms with E-state index in [0.29, 0.717) is 12.8 Å².